The number of fused-ring (bicyclic) bond motifs is 1. The molecule has 2 aromatic rings. The number of rotatable bonds is 4. The number of aromatic nitrogens is 3. The van der Waals surface area contributed by atoms with Gasteiger partial charge in [-0.25, -0.2) is 9.50 Å². The molecule has 0 saturated carbocycles. The highest BCUT2D eigenvalue weighted by Gasteiger charge is 2.17. The number of carbonyl (C=O) groups is 1. The molecule has 19 heavy (non-hydrogen) atoms. The predicted molar refractivity (Wildman–Crippen MR) is 71.9 cm³/mol. The minimum atomic E-state index is 0.227. The van der Waals surface area contributed by atoms with E-state index in [9.17, 15) is 4.79 Å². The lowest BCUT2D eigenvalue weighted by molar-refractivity contribution is -0.129. The third-order valence-corrected chi connectivity index (χ3v) is 3.41. The molecule has 3 rings (SSSR count). The van der Waals surface area contributed by atoms with Gasteiger partial charge in [0.25, 0.3) is 0 Å². The molecule has 6 heteroatoms. The Labute approximate surface area is 111 Å². The maximum Gasteiger partial charge on any atom is 0.224 e. The Morgan fingerprint density at radius 3 is 3.00 bits per heavy atom. The second kappa shape index (κ2) is 5.26. The Morgan fingerprint density at radius 1 is 1.32 bits per heavy atom. The molecule has 100 valence electrons. The monoisotopic (exact) mass is 259 g/mol. The van der Waals surface area contributed by atoms with Crippen LogP contribution in [-0.2, 0) is 4.79 Å². The molecule has 1 amide bonds. The zero-order valence-corrected chi connectivity index (χ0v) is 10.7. The minimum Gasteiger partial charge on any atom is -0.368 e. The van der Waals surface area contributed by atoms with Crippen LogP contribution in [0, 0.1) is 0 Å². The van der Waals surface area contributed by atoms with E-state index in [1.165, 1.54) is 0 Å². The second-order valence-corrected chi connectivity index (χ2v) is 4.70. The first-order chi connectivity index (χ1) is 9.34. The van der Waals surface area contributed by atoms with E-state index >= 15 is 0 Å². The van der Waals surface area contributed by atoms with Crippen molar-refractivity contribution in [3.63, 3.8) is 0 Å². The predicted octanol–water partition coefficient (Wildman–Crippen LogP) is 1.15. The third kappa shape index (κ3) is 2.52. The first-order valence-electron chi connectivity index (χ1n) is 6.64. The molecule has 6 nitrogen and oxygen atoms in total. The van der Waals surface area contributed by atoms with Crippen molar-refractivity contribution < 1.29 is 4.79 Å². The lowest BCUT2D eigenvalue weighted by Gasteiger charge is -2.15. The average Bonchev–Trinajstić information content (AvgIpc) is 3.10. The first-order valence-corrected chi connectivity index (χ1v) is 6.64. The van der Waals surface area contributed by atoms with E-state index in [1.807, 2.05) is 11.0 Å². The summed E-state index contributed by atoms with van der Waals surface area (Å²) in [6, 6.07) is 1.90. The van der Waals surface area contributed by atoms with Crippen molar-refractivity contribution in [2.24, 2.45) is 0 Å². The van der Waals surface area contributed by atoms with Crippen LogP contribution in [0.25, 0.3) is 5.52 Å². The quantitative estimate of drug-likeness (QED) is 0.894. The van der Waals surface area contributed by atoms with Crippen LogP contribution in [0.5, 0.6) is 0 Å². The molecule has 1 aliphatic rings. The molecule has 0 atom stereocenters. The summed E-state index contributed by atoms with van der Waals surface area (Å²) in [5.74, 6) is 1.000. The summed E-state index contributed by atoms with van der Waals surface area (Å²) in [6.45, 7) is 2.43. The van der Waals surface area contributed by atoms with Gasteiger partial charge < -0.3 is 10.2 Å². The Bertz CT molecular complexity index is 573. The first kappa shape index (κ1) is 12.0. The van der Waals surface area contributed by atoms with E-state index in [0.29, 0.717) is 13.0 Å². The largest absolute Gasteiger partial charge is 0.368 e. The fourth-order valence-electron chi connectivity index (χ4n) is 2.41. The summed E-state index contributed by atoms with van der Waals surface area (Å²) in [4.78, 5) is 18.1. The molecule has 0 radical (unpaired) electrons. The summed E-state index contributed by atoms with van der Waals surface area (Å²) in [7, 11) is 0. The van der Waals surface area contributed by atoms with Crippen molar-refractivity contribution in [3.05, 3.63) is 24.7 Å². The van der Waals surface area contributed by atoms with Gasteiger partial charge in [0.1, 0.15) is 5.52 Å². The van der Waals surface area contributed by atoms with E-state index in [4.69, 9.17) is 0 Å². The highest BCUT2D eigenvalue weighted by Crippen LogP contribution is 2.13. The van der Waals surface area contributed by atoms with Crippen LogP contribution >= 0.6 is 0 Å². The van der Waals surface area contributed by atoms with Crippen molar-refractivity contribution in [2.45, 2.75) is 19.3 Å². The van der Waals surface area contributed by atoms with Crippen molar-refractivity contribution in [3.8, 4) is 0 Å². The average molecular weight is 259 g/mol. The lowest BCUT2D eigenvalue weighted by Crippen LogP contribution is -2.29. The summed E-state index contributed by atoms with van der Waals surface area (Å²) in [5, 5.41) is 7.36. The van der Waals surface area contributed by atoms with Gasteiger partial charge in [-0.2, -0.15) is 5.10 Å². The molecule has 0 spiro atoms. The van der Waals surface area contributed by atoms with E-state index < -0.39 is 0 Å². The molecule has 1 saturated heterocycles. The van der Waals surface area contributed by atoms with Gasteiger partial charge in [-0.1, -0.05) is 0 Å². The van der Waals surface area contributed by atoms with Crippen LogP contribution in [0.1, 0.15) is 19.3 Å². The molecular weight excluding hydrogens is 242 g/mol. The van der Waals surface area contributed by atoms with Gasteiger partial charge in [0.15, 0.2) is 5.82 Å². The lowest BCUT2D eigenvalue weighted by atomic mass is 10.3. The number of hydrogen-bond acceptors (Lipinski definition) is 4. The zero-order chi connectivity index (χ0) is 13.1. The number of hydrogen-bond donors (Lipinski definition) is 1. The molecule has 3 heterocycles. The van der Waals surface area contributed by atoms with E-state index in [1.54, 1.807) is 23.1 Å². The molecule has 0 aliphatic carbocycles. The fraction of sp³-hybridized carbons (Fsp3) is 0.462. The summed E-state index contributed by atoms with van der Waals surface area (Å²) in [5.41, 5.74) is 0.927. The number of nitrogens with one attached hydrogen (secondary N) is 1. The maximum absolute atomic E-state index is 11.9. The SMILES string of the molecule is O=C(CCNc1nccn2nccc12)N1CCCC1. The fourth-order valence-corrected chi connectivity index (χ4v) is 2.41. The topological polar surface area (TPSA) is 62.5 Å². The highest BCUT2D eigenvalue weighted by molar-refractivity contribution is 5.77. The molecule has 0 bridgehead atoms. The van der Waals surface area contributed by atoms with Crippen molar-refractivity contribution in [2.75, 3.05) is 25.0 Å². The normalized spacial score (nSPS) is 15.1. The van der Waals surface area contributed by atoms with Gasteiger partial charge in [-0.05, 0) is 18.9 Å². The number of nitrogens with zero attached hydrogens (tertiary/aromatic N) is 4. The Balaban J connectivity index is 1.57. The third-order valence-electron chi connectivity index (χ3n) is 3.41. The molecule has 0 aromatic carbocycles. The molecule has 1 fully saturated rings. The van der Waals surface area contributed by atoms with Crippen LogP contribution in [0.15, 0.2) is 24.7 Å². The van der Waals surface area contributed by atoms with Crippen LogP contribution in [0.3, 0.4) is 0 Å². The van der Waals surface area contributed by atoms with Crippen LogP contribution in [0.4, 0.5) is 5.82 Å². The van der Waals surface area contributed by atoms with Crippen LogP contribution in [-0.4, -0.2) is 45.0 Å². The van der Waals surface area contributed by atoms with Gasteiger partial charge in [0, 0.05) is 38.4 Å². The van der Waals surface area contributed by atoms with E-state index in [2.05, 4.69) is 15.4 Å². The molecular formula is C13H17N5O. The number of amides is 1. The van der Waals surface area contributed by atoms with Crippen molar-refractivity contribution in [1.82, 2.24) is 19.5 Å². The van der Waals surface area contributed by atoms with Gasteiger partial charge in [-0.15, -0.1) is 0 Å². The van der Waals surface area contributed by atoms with Gasteiger partial charge >= 0.3 is 0 Å². The maximum atomic E-state index is 11.9. The summed E-state index contributed by atoms with van der Waals surface area (Å²) < 4.78 is 1.76. The minimum absolute atomic E-state index is 0.227. The molecule has 0 unspecified atom stereocenters. The Morgan fingerprint density at radius 2 is 2.16 bits per heavy atom. The van der Waals surface area contributed by atoms with Crippen LogP contribution < -0.4 is 5.32 Å². The van der Waals surface area contributed by atoms with E-state index in [-0.39, 0.29) is 5.91 Å². The van der Waals surface area contributed by atoms with Gasteiger partial charge in [0.05, 0.1) is 6.20 Å². The standard InChI is InChI=1S/C13H17N5O/c19-12(17-8-1-2-9-17)4-5-14-13-11-3-6-16-18(11)10-7-15-13/h3,6-7,10H,1-2,4-5,8-9H2,(H,14,15). The highest BCUT2D eigenvalue weighted by atomic mass is 16.2. The molecule has 1 aliphatic heterocycles. The van der Waals surface area contributed by atoms with Crippen molar-refractivity contribution >= 4 is 17.2 Å². The smallest absolute Gasteiger partial charge is 0.224 e. The number of likely N-dealkylation sites (tertiary alicyclic amines) is 1. The summed E-state index contributed by atoms with van der Waals surface area (Å²) >= 11 is 0. The van der Waals surface area contributed by atoms with Gasteiger partial charge in [0.2, 0.25) is 5.91 Å². The van der Waals surface area contributed by atoms with Crippen molar-refractivity contribution in [1.29, 1.82) is 0 Å². The summed E-state index contributed by atoms with van der Waals surface area (Å²) in [6.07, 6.45) is 8.01. The Kier molecular flexibility index (Phi) is 3.31. The molecule has 1 N–H and O–H groups in total. The van der Waals surface area contributed by atoms with E-state index in [0.717, 1.165) is 37.3 Å². The number of carbonyl (C=O) groups excluding carboxylic acids is 1. The molecule has 2 aromatic heterocycles. The zero-order valence-electron chi connectivity index (χ0n) is 10.7. The van der Waals surface area contributed by atoms with Gasteiger partial charge in [-0.3, -0.25) is 4.79 Å². The second-order valence-electron chi connectivity index (χ2n) is 4.70. The number of anilines is 1. The Hall–Kier alpha value is -2.11. The van der Waals surface area contributed by atoms with Crippen LogP contribution in [0.2, 0.25) is 0 Å².